The van der Waals surface area contributed by atoms with Gasteiger partial charge in [-0.3, -0.25) is 4.79 Å². The van der Waals surface area contributed by atoms with Crippen molar-refractivity contribution in [2.45, 2.75) is 6.92 Å². The van der Waals surface area contributed by atoms with Gasteiger partial charge in [0.2, 0.25) is 0 Å². The van der Waals surface area contributed by atoms with Gasteiger partial charge in [0.1, 0.15) is 23.0 Å². The third-order valence-corrected chi connectivity index (χ3v) is 5.21. The van der Waals surface area contributed by atoms with Gasteiger partial charge in [0, 0.05) is 50.0 Å². The fraction of sp³-hybridized carbons (Fsp3) is 0.227. The van der Waals surface area contributed by atoms with Gasteiger partial charge in [0.05, 0.1) is 0 Å². The molecule has 1 fully saturated rings. The lowest BCUT2D eigenvalue weighted by Gasteiger charge is -2.35. The van der Waals surface area contributed by atoms with E-state index in [1.807, 2.05) is 77.3 Å². The van der Waals surface area contributed by atoms with Gasteiger partial charge in [0.25, 0.3) is 5.91 Å². The molecule has 1 amide bonds. The number of aromatic nitrogens is 3. The number of amides is 1. The van der Waals surface area contributed by atoms with Crippen molar-refractivity contribution >= 4 is 22.7 Å². The van der Waals surface area contributed by atoms with Crippen molar-refractivity contribution < 1.29 is 9.21 Å². The lowest BCUT2D eigenvalue weighted by molar-refractivity contribution is 0.0717. The van der Waals surface area contributed by atoms with Crippen LogP contribution in [0.15, 0.2) is 65.3 Å². The minimum Gasteiger partial charge on any atom is -0.451 e. The highest BCUT2D eigenvalue weighted by Gasteiger charge is 2.25. The van der Waals surface area contributed by atoms with E-state index in [1.165, 1.54) is 0 Å². The summed E-state index contributed by atoms with van der Waals surface area (Å²) >= 11 is 0. The van der Waals surface area contributed by atoms with Gasteiger partial charge < -0.3 is 18.8 Å². The van der Waals surface area contributed by atoms with Crippen molar-refractivity contribution in [2.24, 2.45) is 0 Å². The molecule has 1 aliphatic rings. The van der Waals surface area contributed by atoms with Crippen molar-refractivity contribution in [3.8, 4) is 5.82 Å². The van der Waals surface area contributed by atoms with Crippen LogP contribution in [-0.2, 0) is 0 Å². The molecule has 0 spiro atoms. The summed E-state index contributed by atoms with van der Waals surface area (Å²) in [7, 11) is 0. The van der Waals surface area contributed by atoms with E-state index in [4.69, 9.17) is 4.42 Å². The van der Waals surface area contributed by atoms with E-state index in [0.717, 1.165) is 28.4 Å². The van der Waals surface area contributed by atoms with Gasteiger partial charge in [-0.15, -0.1) is 0 Å². The second-order valence-corrected chi connectivity index (χ2v) is 7.15. The molecule has 7 nitrogen and oxygen atoms in total. The fourth-order valence-corrected chi connectivity index (χ4v) is 3.70. The van der Waals surface area contributed by atoms with Gasteiger partial charge >= 0.3 is 0 Å². The number of nitrogens with zero attached hydrogens (tertiary/aromatic N) is 5. The number of hydrogen-bond donors (Lipinski definition) is 0. The maximum atomic E-state index is 12.9. The Hall–Kier alpha value is -3.61. The van der Waals surface area contributed by atoms with Crippen LogP contribution in [0.25, 0.3) is 16.8 Å². The predicted octanol–water partition coefficient (Wildman–Crippen LogP) is 3.28. The molecule has 29 heavy (non-hydrogen) atoms. The molecule has 146 valence electrons. The minimum atomic E-state index is -0.0623. The molecule has 0 N–H and O–H groups in total. The normalized spacial score (nSPS) is 14.5. The van der Waals surface area contributed by atoms with Crippen molar-refractivity contribution in [3.05, 3.63) is 72.5 Å². The van der Waals surface area contributed by atoms with Crippen LogP contribution in [0, 0.1) is 6.92 Å². The molecule has 1 aliphatic heterocycles. The molecule has 0 bridgehead atoms. The Balaban J connectivity index is 1.31. The fourth-order valence-electron chi connectivity index (χ4n) is 3.70. The van der Waals surface area contributed by atoms with Crippen molar-refractivity contribution in [1.82, 2.24) is 19.4 Å². The standard InChI is InChI=1S/C22H21N5O2/c1-16-23-20(25-8-4-5-9-25)15-21(24-16)26-10-12-27(13-11-26)22(28)19-14-17-6-2-3-7-18(17)29-19/h2-9,14-15H,10-13H2,1H3. The van der Waals surface area contributed by atoms with Crippen molar-refractivity contribution in [1.29, 1.82) is 0 Å². The molecule has 0 atom stereocenters. The number of benzene rings is 1. The summed E-state index contributed by atoms with van der Waals surface area (Å²) < 4.78 is 7.71. The molecule has 0 unspecified atom stereocenters. The van der Waals surface area contributed by atoms with Crippen molar-refractivity contribution in [2.75, 3.05) is 31.1 Å². The van der Waals surface area contributed by atoms with Crippen LogP contribution in [0.5, 0.6) is 0 Å². The first-order valence-corrected chi connectivity index (χ1v) is 9.69. The Morgan fingerprint density at radius 1 is 0.931 bits per heavy atom. The maximum Gasteiger partial charge on any atom is 0.289 e. The second-order valence-electron chi connectivity index (χ2n) is 7.15. The molecule has 5 rings (SSSR count). The molecule has 0 aliphatic carbocycles. The number of anilines is 1. The highest BCUT2D eigenvalue weighted by molar-refractivity contribution is 5.96. The number of hydrogen-bond acceptors (Lipinski definition) is 5. The molecule has 3 aromatic heterocycles. The topological polar surface area (TPSA) is 67.4 Å². The summed E-state index contributed by atoms with van der Waals surface area (Å²) in [6.07, 6.45) is 3.94. The summed E-state index contributed by atoms with van der Waals surface area (Å²) in [6, 6.07) is 15.4. The van der Waals surface area contributed by atoms with Gasteiger partial charge in [-0.1, -0.05) is 18.2 Å². The zero-order chi connectivity index (χ0) is 19.8. The van der Waals surface area contributed by atoms with Crippen LogP contribution in [0.2, 0.25) is 0 Å². The summed E-state index contributed by atoms with van der Waals surface area (Å²) in [5.74, 6) is 2.79. The van der Waals surface area contributed by atoms with Gasteiger partial charge in [-0.2, -0.15) is 0 Å². The average molecular weight is 387 g/mol. The summed E-state index contributed by atoms with van der Waals surface area (Å²) in [4.78, 5) is 26.0. The zero-order valence-corrected chi connectivity index (χ0v) is 16.2. The first kappa shape index (κ1) is 17.5. The molecule has 0 radical (unpaired) electrons. The monoisotopic (exact) mass is 387 g/mol. The maximum absolute atomic E-state index is 12.9. The van der Waals surface area contributed by atoms with Crippen LogP contribution in [0.1, 0.15) is 16.4 Å². The van der Waals surface area contributed by atoms with Crippen LogP contribution < -0.4 is 4.90 Å². The number of carbonyl (C=O) groups is 1. The van der Waals surface area contributed by atoms with E-state index >= 15 is 0 Å². The number of rotatable bonds is 3. The van der Waals surface area contributed by atoms with E-state index < -0.39 is 0 Å². The number of fused-ring (bicyclic) bond motifs is 1. The first-order valence-electron chi connectivity index (χ1n) is 9.69. The summed E-state index contributed by atoms with van der Waals surface area (Å²) in [5.41, 5.74) is 0.739. The van der Waals surface area contributed by atoms with E-state index in [1.54, 1.807) is 0 Å². The van der Waals surface area contributed by atoms with Crippen LogP contribution in [0.4, 0.5) is 5.82 Å². The van der Waals surface area contributed by atoms with Gasteiger partial charge in [0.15, 0.2) is 5.76 Å². The third-order valence-electron chi connectivity index (χ3n) is 5.21. The first-order chi connectivity index (χ1) is 14.2. The zero-order valence-electron chi connectivity index (χ0n) is 16.2. The predicted molar refractivity (Wildman–Crippen MR) is 110 cm³/mol. The molecule has 1 aromatic carbocycles. The number of furan rings is 1. The molecule has 0 saturated carbocycles. The van der Waals surface area contributed by atoms with Crippen LogP contribution >= 0.6 is 0 Å². The minimum absolute atomic E-state index is 0.0623. The molecule has 1 saturated heterocycles. The largest absolute Gasteiger partial charge is 0.451 e. The number of para-hydroxylation sites is 1. The lowest BCUT2D eigenvalue weighted by Crippen LogP contribution is -2.49. The molecule has 4 aromatic rings. The molecular weight excluding hydrogens is 366 g/mol. The Labute approximate surface area is 168 Å². The molecule has 7 heteroatoms. The highest BCUT2D eigenvalue weighted by Crippen LogP contribution is 2.22. The number of carbonyl (C=O) groups excluding carboxylic acids is 1. The third kappa shape index (κ3) is 3.35. The van der Waals surface area contributed by atoms with Gasteiger partial charge in [-0.25, -0.2) is 9.97 Å². The highest BCUT2D eigenvalue weighted by atomic mass is 16.3. The Morgan fingerprint density at radius 2 is 1.66 bits per heavy atom. The Bertz CT molecular complexity index is 1120. The smallest absolute Gasteiger partial charge is 0.289 e. The quantitative estimate of drug-likeness (QED) is 0.540. The van der Waals surface area contributed by atoms with E-state index in [-0.39, 0.29) is 5.91 Å². The van der Waals surface area contributed by atoms with E-state index in [9.17, 15) is 4.79 Å². The van der Waals surface area contributed by atoms with Crippen LogP contribution in [-0.4, -0.2) is 51.5 Å². The number of piperazine rings is 1. The molecule has 4 heterocycles. The second kappa shape index (κ2) is 7.09. The summed E-state index contributed by atoms with van der Waals surface area (Å²) in [5, 5.41) is 0.948. The molecular formula is C22H21N5O2. The SMILES string of the molecule is Cc1nc(N2CCN(C(=O)c3cc4ccccc4o3)CC2)cc(-n2cccc2)n1. The summed E-state index contributed by atoms with van der Waals surface area (Å²) in [6.45, 7) is 4.58. The van der Waals surface area contributed by atoms with E-state index in [2.05, 4.69) is 14.9 Å². The van der Waals surface area contributed by atoms with Gasteiger partial charge in [-0.05, 0) is 31.2 Å². The van der Waals surface area contributed by atoms with Crippen molar-refractivity contribution in [3.63, 3.8) is 0 Å². The Kier molecular flexibility index (Phi) is 4.27. The number of aryl methyl sites for hydroxylation is 1. The van der Waals surface area contributed by atoms with Crippen LogP contribution in [0.3, 0.4) is 0 Å². The Morgan fingerprint density at radius 3 is 2.41 bits per heavy atom. The average Bonchev–Trinajstić information content (AvgIpc) is 3.43. The lowest BCUT2D eigenvalue weighted by atomic mass is 10.2. The van der Waals surface area contributed by atoms with E-state index in [0.29, 0.717) is 31.9 Å².